The molecule has 6 heteroatoms. The molecule has 0 aromatic rings. The molecule has 0 rings (SSSR count). The summed E-state index contributed by atoms with van der Waals surface area (Å²) in [6, 6.07) is 0. The first-order valence-corrected chi connectivity index (χ1v) is 7.65. The molecule has 0 aromatic heterocycles. The molecule has 1 atom stereocenters. The highest BCUT2D eigenvalue weighted by molar-refractivity contribution is 9.09. The number of halogens is 2. The lowest BCUT2D eigenvalue weighted by Crippen LogP contribution is -2.15. The van der Waals surface area contributed by atoms with Crippen molar-refractivity contribution in [2.24, 2.45) is 0 Å². The molecule has 0 N–H and O–H groups in total. The summed E-state index contributed by atoms with van der Waals surface area (Å²) in [6.07, 6.45) is -0.334. The molecule has 0 radical (unpaired) electrons. The quantitative estimate of drug-likeness (QED) is 0.550. The van der Waals surface area contributed by atoms with Crippen molar-refractivity contribution in [2.45, 2.75) is 45.0 Å². The Bertz CT molecular complexity index is 197. The molecule has 0 aliphatic rings. The predicted octanol–water partition coefficient (Wildman–Crippen LogP) is 3.99. The van der Waals surface area contributed by atoms with Gasteiger partial charge in [0.15, 0.2) is 0 Å². The molecule has 0 aliphatic carbocycles. The van der Waals surface area contributed by atoms with Crippen LogP contribution in [0.3, 0.4) is 0 Å². The lowest BCUT2D eigenvalue weighted by atomic mass is 10.5. The minimum Gasteiger partial charge on any atom is -0.305 e. The van der Waals surface area contributed by atoms with Crippen LogP contribution < -0.4 is 0 Å². The second-order valence-electron chi connectivity index (χ2n) is 3.44. The van der Waals surface area contributed by atoms with Crippen molar-refractivity contribution in [1.82, 2.24) is 0 Å². The number of hydrogen-bond acceptors (Lipinski definition) is 3. The van der Waals surface area contributed by atoms with Crippen LogP contribution in [0.4, 0.5) is 0 Å². The van der Waals surface area contributed by atoms with E-state index in [2.05, 4.69) is 15.9 Å². The molecule has 0 aliphatic heterocycles. The lowest BCUT2D eigenvalue weighted by molar-refractivity contribution is 0.141. The molecule has 0 bridgehead atoms. The van der Waals surface area contributed by atoms with Crippen LogP contribution in [-0.2, 0) is 13.6 Å². The van der Waals surface area contributed by atoms with Gasteiger partial charge in [-0.15, -0.1) is 11.6 Å². The van der Waals surface area contributed by atoms with Gasteiger partial charge >= 0.3 is 7.60 Å². The van der Waals surface area contributed by atoms with Gasteiger partial charge in [-0.3, -0.25) is 4.57 Å². The third-order valence-corrected chi connectivity index (χ3v) is 5.88. The molecule has 0 aromatic carbocycles. The molecule has 0 fully saturated rings. The van der Waals surface area contributed by atoms with E-state index in [1.807, 2.05) is 0 Å². The monoisotopic (exact) mass is 306 g/mol. The molecule has 0 saturated heterocycles. The highest BCUT2D eigenvalue weighted by atomic mass is 79.9. The summed E-state index contributed by atoms with van der Waals surface area (Å²) in [5, 5.41) is -0.266. The van der Waals surface area contributed by atoms with Gasteiger partial charge in [-0.1, -0.05) is 15.9 Å². The van der Waals surface area contributed by atoms with Gasteiger partial charge in [0, 0.05) is 5.33 Å². The van der Waals surface area contributed by atoms with Crippen LogP contribution in [0.25, 0.3) is 0 Å². The molecule has 14 heavy (non-hydrogen) atoms. The minimum atomic E-state index is -3.20. The van der Waals surface area contributed by atoms with Crippen LogP contribution in [0.5, 0.6) is 0 Å². The summed E-state index contributed by atoms with van der Waals surface area (Å²) in [5.41, 5.74) is 0. The highest BCUT2D eigenvalue weighted by Crippen LogP contribution is 2.57. The Morgan fingerprint density at radius 1 is 1.21 bits per heavy atom. The Hall–Kier alpha value is 0.920. The van der Waals surface area contributed by atoms with Crippen molar-refractivity contribution in [3.05, 3.63) is 0 Å². The summed E-state index contributed by atoms with van der Waals surface area (Å²) in [4.78, 5) is 0. The predicted molar refractivity (Wildman–Crippen MR) is 63.5 cm³/mol. The SMILES string of the molecule is CC(C)OP(=O)(OC(C)C)C(Cl)CBr. The van der Waals surface area contributed by atoms with Gasteiger partial charge in [0.05, 0.1) is 12.2 Å². The standard InChI is InChI=1S/C8H17BrClO3P/c1-6(2)12-14(11,8(10)5-9)13-7(3)4/h6-8H,5H2,1-4H3. The Kier molecular flexibility index (Phi) is 6.92. The summed E-state index contributed by atoms with van der Waals surface area (Å²) in [5.74, 6) is 0. The van der Waals surface area contributed by atoms with Crippen molar-refractivity contribution >= 4 is 35.1 Å². The van der Waals surface area contributed by atoms with Gasteiger partial charge in [0.2, 0.25) is 0 Å². The van der Waals surface area contributed by atoms with Crippen molar-refractivity contribution in [2.75, 3.05) is 5.33 Å². The zero-order chi connectivity index (χ0) is 11.4. The van der Waals surface area contributed by atoms with Crippen LogP contribution in [0.1, 0.15) is 27.7 Å². The zero-order valence-corrected chi connectivity index (χ0v) is 12.1. The van der Waals surface area contributed by atoms with E-state index in [9.17, 15) is 4.57 Å². The first kappa shape index (κ1) is 14.9. The lowest BCUT2D eigenvalue weighted by Gasteiger charge is -2.25. The fourth-order valence-corrected chi connectivity index (χ4v) is 3.83. The van der Waals surface area contributed by atoms with Gasteiger partial charge in [0.25, 0.3) is 0 Å². The average Bonchev–Trinajstić information content (AvgIpc) is 1.99. The van der Waals surface area contributed by atoms with E-state index in [1.165, 1.54) is 0 Å². The van der Waals surface area contributed by atoms with Gasteiger partial charge in [-0.05, 0) is 27.7 Å². The normalized spacial score (nSPS) is 15.1. The summed E-state index contributed by atoms with van der Waals surface area (Å²) >= 11 is 9.07. The third-order valence-electron chi connectivity index (χ3n) is 1.19. The fourth-order valence-electron chi connectivity index (χ4n) is 0.829. The summed E-state index contributed by atoms with van der Waals surface area (Å²) in [6.45, 7) is 7.20. The number of alkyl halides is 2. The molecule has 0 spiro atoms. The maximum absolute atomic E-state index is 12.2. The summed E-state index contributed by atoms with van der Waals surface area (Å²) < 4.78 is 22.7. The first-order valence-electron chi connectivity index (χ1n) is 4.48. The van der Waals surface area contributed by atoms with Gasteiger partial charge in [0.1, 0.15) is 5.12 Å². The Morgan fingerprint density at radius 3 is 1.79 bits per heavy atom. The first-order chi connectivity index (χ1) is 6.31. The molecular formula is C8H17BrClO3P. The van der Waals surface area contributed by atoms with E-state index in [-0.39, 0.29) is 12.2 Å². The minimum absolute atomic E-state index is 0.167. The largest absolute Gasteiger partial charge is 0.349 e. The molecule has 0 amide bonds. The van der Waals surface area contributed by atoms with Crippen molar-refractivity contribution in [3.63, 3.8) is 0 Å². The van der Waals surface area contributed by atoms with Crippen LogP contribution in [0.2, 0.25) is 0 Å². The van der Waals surface area contributed by atoms with Crippen LogP contribution in [0, 0.1) is 0 Å². The van der Waals surface area contributed by atoms with E-state index in [4.69, 9.17) is 20.6 Å². The smallest absolute Gasteiger partial charge is 0.305 e. The van der Waals surface area contributed by atoms with E-state index >= 15 is 0 Å². The Labute approximate surface area is 99.2 Å². The second-order valence-corrected chi connectivity index (χ2v) is 7.04. The number of rotatable bonds is 6. The molecule has 86 valence electrons. The van der Waals surface area contributed by atoms with Gasteiger partial charge in [-0.25, -0.2) is 0 Å². The summed E-state index contributed by atoms with van der Waals surface area (Å²) in [7, 11) is -3.20. The molecule has 0 saturated carbocycles. The van der Waals surface area contributed by atoms with Crippen molar-refractivity contribution in [3.8, 4) is 0 Å². The number of hydrogen-bond donors (Lipinski definition) is 0. The zero-order valence-electron chi connectivity index (χ0n) is 8.87. The van der Waals surface area contributed by atoms with Crippen LogP contribution in [-0.4, -0.2) is 22.7 Å². The molecular weight excluding hydrogens is 290 g/mol. The van der Waals surface area contributed by atoms with Crippen LogP contribution >= 0.6 is 35.1 Å². The van der Waals surface area contributed by atoms with Gasteiger partial charge < -0.3 is 9.05 Å². The average molecular weight is 308 g/mol. The maximum Gasteiger partial charge on any atom is 0.349 e. The maximum atomic E-state index is 12.2. The molecule has 3 nitrogen and oxygen atoms in total. The topological polar surface area (TPSA) is 35.5 Å². The highest BCUT2D eigenvalue weighted by Gasteiger charge is 2.35. The fraction of sp³-hybridized carbons (Fsp3) is 1.00. The van der Waals surface area contributed by atoms with E-state index in [0.29, 0.717) is 5.33 Å². The van der Waals surface area contributed by atoms with E-state index in [0.717, 1.165) is 0 Å². The van der Waals surface area contributed by atoms with E-state index in [1.54, 1.807) is 27.7 Å². The second kappa shape index (κ2) is 6.49. The molecule has 0 heterocycles. The Morgan fingerprint density at radius 2 is 1.57 bits per heavy atom. The third kappa shape index (κ3) is 5.13. The van der Waals surface area contributed by atoms with Crippen molar-refractivity contribution < 1.29 is 13.6 Å². The molecule has 1 unspecified atom stereocenters. The van der Waals surface area contributed by atoms with E-state index < -0.39 is 12.7 Å². The Balaban J connectivity index is 4.58. The van der Waals surface area contributed by atoms with Crippen LogP contribution in [0.15, 0.2) is 0 Å². The van der Waals surface area contributed by atoms with Crippen molar-refractivity contribution in [1.29, 1.82) is 0 Å². The van der Waals surface area contributed by atoms with Gasteiger partial charge in [-0.2, -0.15) is 0 Å².